The van der Waals surface area contributed by atoms with Gasteiger partial charge in [0.25, 0.3) is 0 Å². The molecule has 0 bridgehead atoms. The second kappa shape index (κ2) is 13.5. The first-order valence-corrected chi connectivity index (χ1v) is 13.7. The van der Waals surface area contributed by atoms with Crippen molar-refractivity contribution in [2.45, 2.75) is 38.1 Å². The highest BCUT2D eigenvalue weighted by Gasteiger charge is 2.15. The molecule has 2 atom stereocenters. The van der Waals surface area contributed by atoms with Crippen molar-refractivity contribution in [2.24, 2.45) is 5.92 Å². The van der Waals surface area contributed by atoms with Crippen molar-refractivity contribution in [1.29, 1.82) is 5.41 Å². The molecule has 0 spiro atoms. The van der Waals surface area contributed by atoms with Gasteiger partial charge in [-0.1, -0.05) is 56.7 Å². The van der Waals surface area contributed by atoms with Gasteiger partial charge in [0.1, 0.15) is 11.7 Å². The minimum atomic E-state index is -3.46. The van der Waals surface area contributed by atoms with Gasteiger partial charge in [-0.2, -0.15) is 0 Å². The molecule has 0 aliphatic heterocycles. The lowest BCUT2D eigenvalue weighted by atomic mass is 10.0. The van der Waals surface area contributed by atoms with Crippen molar-refractivity contribution in [3.8, 4) is 11.1 Å². The van der Waals surface area contributed by atoms with Crippen LogP contribution in [0, 0.1) is 17.1 Å². The van der Waals surface area contributed by atoms with E-state index in [0.717, 1.165) is 24.4 Å². The van der Waals surface area contributed by atoms with Gasteiger partial charge in [-0.25, -0.2) is 17.6 Å². The molecule has 0 aliphatic rings. The fraction of sp³-hybridized carbons (Fsp3) is 0.259. The number of hydrogen-bond acceptors (Lipinski definition) is 6. The molecule has 0 saturated heterocycles. The Morgan fingerprint density at radius 1 is 1.05 bits per heavy atom. The maximum atomic E-state index is 13.8. The summed E-state index contributed by atoms with van der Waals surface area (Å²) in [6.07, 6.45) is 0.822. The number of amidine groups is 1. The molecule has 0 radical (unpaired) electrons. The predicted molar refractivity (Wildman–Crippen MR) is 147 cm³/mol. The normalized spacial score (nSPS) is 12.4. The Morgan fingerprint density at radius 2 is 1.74 bits per heavy atom. The summed E-state index contributed by atoms with van der Waals surface area (Å²) >= 11 is 0. The Balaban J connectivity index is 0.000000273. The number of anilines is 2. The minimum absolute atomic E-state index is 0.00448. The molecule has 9 nitrogen and oxygen atoms in total. The maximum absolute atomic E-state index is 13.8. The quantitative estimate of drug-likeness (QED) is 0.119. The van der Waals surface area contributed by atoms with Crippen molar-refractivity contribution in [1.82, 2.24) is 5.48 Å². The van der Waals surface area contributed by atoms with Crippen LogP contribution in [0.15, 0.2) is 71.6 Å². The number of halogens is 1. The fourth-order valence-electron chi connectivity index (χ4n) is 3.52. The van der Waals surface area contributed by atoms with Crippen molar-refractivity contribution >= 4 is 33.1 Å². The summed E-state index contributed by atoms with van der Waals surface area (Å²) in [6.45, 7) is 6.53. The van der Waals surface area contributed by atoms with Crippen LogP contribution < -0.4 is 16.1 Å². The number of rotatable bonds is 8. The standard InChI is InChI=1S/C14H12FNO4S.C13H21N3O/c1-21(19,20)13-5-3-2-4-10(13)9-6-7-12(11(15)8-9)16-14(17)18;1-4-9(2)10(3)15-12-7-5-6-11(8-12)13(14)16-17/h2-8,16H,1H3,(H,17,18);5-10,15,17H,4H2,1-3H3,(H2,14,16)/t;9?,10-/m.0/s1. The summed E-state index contributed by atoms with van der Waals surface area (Å²) in [7, 11) is -3.46. The van der Waals surface area contributed by atoms with Crippen LogP contribution in [0.5, 0.6) is 0 Å². The van der Waals surface area contributed by atoms with E-state index in [1.54, 1.807) is 24.3 Å². The second-order valence-electron chi connectivity index (χ2n) is 8.78. The average Bonchev–Trinajstić information content (AvgIpc) is 2.88. The Kier molecular flexibility index (Phi) is 10.8. The van der Waals surface area contributed by atoms with Crippen molar-refractivity contribution in [3.05, 3.63) is 78.1 Å². The molecular formula is C27H33FN4O5S. The summed E-state index contributed by atoms with van der Waals surface area (Å²) in [5.41, 5.74) is 4.00. The lowest BCUT2D eigenvalue weighted by Gasteiger charge is -2.21. The molecule has 3 aromatic rings. The van der Waals surface area contributed by atoms with E-state index in [4.69, 9.17) is 15.7 Å². The van der Waals surface area contributed by atoms with Crippen LogP contribution in [0.25, 0.3) is 11.1 Å². The highest BCUT2D eigenvalue weighted by molar-refractivity contribution is 7.90. The number of benzene rings is 3. The highest BCUT2D eigenvalue weighted by atomic mass is 32.2. The van der Waals surface area contributed by atoms with Gasteiger partial charge in [-0.3, -0.25) is 21.4 Å². The van der Waals surface area contributed by atoms with Gasteiger partial charge in [0.05, 0.1) is 10.6 Å². The molecular weight excluding hydrogens is 511 g/mol. The molecule has 3 rings (SSSR count). The Labute approximate surface area is 222 Å². The molecule has 3 aromatic carbocycles. The molecule has 0 fully saturated rings. The van der Waals surface area contributed by atoms with E-state index in [0.29, 0.717) is 28.7 Å². The van der Waals surface area contributed by atoms with Crippen LogP contribution in [0.1, 0.15) is 32.8 Å². The number of hydrogen-bond donors (Lipinski definition) is 6. The van der Waals surface area contributed by atoms with Crippen LogP contribution in [0.4, 0.5) is 20.6 Å². The Hall–Kier alpha value is -3.96. The zero-order valence-corrected chi connectivity index (χ0v) is 22.4. The third-order valence-corrected chi connectivity index (χ3v) is 7.12. The summed E-state index contributed by atoms with van der Waals surface area (Å²) in [5, 5.41) is 30.1. The SMILES string of the molecule is CCC(C)[C@H](C)Nc1cccc(C(=N)NO)c1.CS(=O)(=O)c1ccccc1-c1ccc(NC(=O)O)c(F)c1. The van der Waals surface area contributed by atoms with Crippen LogP contribution in [-0.2, 0) is 9.84 Å². The van der Waals surface area contributed by atoms with E-state index in [9.17, 15) is 17.6 Å². The van der Waals surface area contributed by atoms with Gasteiger partial charge in [0.15, 0.2) is 9.84 Å². The Bertz CT molecular complexity index is 1380. The number of sulfone groups is 1. The third-order valence-electron chi connectivity index (χ3n) is 5.96. The highest BCUT2D eigenvalue weighted by Crippen LogP contribution is 2.29. The van der Waals surface area contributed by atoms with Crippen molar-refractivity contribution in [3.63, 3.8) is 0 Å². The molecule has 11 heteroatoms. The first-order valence-electron chi connectivity index (χ1n) is 11.8. The van der Waals surface area contributed by atoms with E-state index in [2.05, 4.69) is 26.1 Å². The third kappa shape index (κ3) is 8.56. The van der Waals surface area contributed by atoms with Crippen molar-refractivity contribution in [2.75, 3.05) is 16.9 Å². The van der Waals surface area contributed by atoms with Gasteiger partial charge >= 0.3 is 6.09 Å². The number of hydroxylamine groups is 1. The summed E-state index contributed by atoms with van der Waals surface area (Å²) in [5.74, 6) is -0.183. The molecule has 0 aliphatic carbocycles. The number of amides is 1. The van der Waals surface area contributed by atoms with E-state index < -0.39 is 21.7 Å². The lowest BCUT2D eigenvalue weighted by molar-refractivity contribution is 0.209. The number of carbonyl (C=O) groups is 1. The van der Waals surface area contributed by atoms with Gasteiger partial charge in [0, 0.05) is 29.1 Å². The topological polar surface area (TPSA) is 152 Å². The average molecular weight is 545 g/mol. The van der Waals surface area contributed by atoms with Crippen molar-refractivity contribution < 1.29 is 27.9 Å². The minimum Gasteiger partial charge on any atom is -0.465 e. The smallest absolute Gasteiger partial charge is 0.409 e. The summed E-state index contributed by atoms with van der Waals surface area (Å²) < 4.78 is 37.3. The zero-order chi connectivity index (χ0) is 28.5. The molecule has 0 saturated carbocycles. The zero-order valence-electron chi connectivity index (χ0n) is 21.6. The van der Waals surface area contributed by atoms with Gasteiger partial charge in [0.2, 0.25) is 0 Å². The first kappa shape index (κ1) is 30.3. The molecule has 1 amide bonds. The molecule has 6 N–H and O–H groups in total. The predicted octanol–water partition coefficient (Wildman–Crippen LogP) is 5.82. The fourth-order valence-corrected chi connectivity index (χ4v) is 4.43. The van der Waals surface area contributed by atoms with E-state index >= 15 is 0 Å². The van der Waals surface area contributed by atoms with Gasteiger partial charge < -0.3 is 10.4 Å². The largest absolute Gasteiger partial charge is 0.465 e. The first-order chi connectivity index (χ1) is 17.9. The van der Waals surface area contributed by atoms with E-state index in [-0.39, 0.29) is 16.4 Å². The molecule has 204 valence electrons. The second-order valence-corrected chi connectivity index (χ2v) is 10.8. The molecule has 0 heterocycles. The lowest BCUT2D eigenvalue weighted by Crippen LogP contribution is -2.24. The van der Waals surface area contributed by atoms with Crippen LogP contribution in [-0.4, -0.2) is 43.0 Å². The summed E-state index contributed by atoms with van der Waals surface area (Å²) in [6, 6.07) is 17.9. The van der Waals surface area contributed by atoms with Crippen LogP contribution in [0.2, 0.25) is 0 Å². The molecule has 0 aromatic heterocycles. The van der Waals surface area contributed by atoms with Gasteiger partial charge in [-0.15, -0.1) is 0 Å². The van der Waals surface area contributed by atoms with E-state index in [1.807, 2.05) is 29.0 Å². The van der Waals surface area contributed by atoms with Gasteiger partial charge in [-0.05, 0) is 48.7 Å². The van der Waals surface area contributed by atoms with Crippen LogP contribution in [0.3, 0.4) is 0 Å². The molecule has 38 heavy (non-hydrogen) atoms. The monoisotopic (exact) mass is 544 g/mol. The Morgan fingerprint density at radius 3 is 2.32 bits per heavy atom. The maximum Gasteiger partial charge on any atom is 0.409 e. The number of nitrogens with one attached hydrogen (secondary N) is 4. The van der Waals surface area contributed by atoms with Crippen LogP contribution >= 0.6 is 0 Å². The molecule has 1 unspecified atom stereocenters. The summed E-state index contributed by atoms with van der Waals surface area (Å²) in [4.78, 5) is 10.6. The van der Waals surface area contributed by atoms with E-state index in [1.165, 1.54) is 18.2 Å². The number of carboxylic acid groups (broad SMARTS) is 1.